The number of hydrogen-bond donors (Lipinski definition) is 1. The number of carbonyl (C=O) groups excluding carboxylic acids is 1. The molecule has 0 unspecified atom stereocenters. The Labute approximate surface area is 136 Å². The number of amides is 1. The molecule has 3 rings (SSSR count). The zero-order chi connectivity index (χ0) is 16.2. The first-order valence-corrected chi connectivity index (χ1v) is 7.26. The first-order chi connectivity index (χ1) is 11.1. The molecule has 0 saturated carbocycles. The number of benzene rings is 2. The maximum atomic E-state index is 13.7. The quantitative estimate of drug-likeness (QED) is 0.784. The molecule has 0 radical (unpaired) electrons. The molecule has 2 aromatic carbocycles. The Bertz CT molecular complexity index is 813. The Balaban J connectivity index is 1.70. The molecule has 0 aliphatic heterocycles. The fourth-order valence-corrected chi connectivity index (χ4v) is 2.36. The first kappa shape index (κ1) is 15.2. The van der Waals surface area contributed by atoms with E-state index in [1.807, 2.05) is 30.3 Å². The summed E-state index contributed by atoms with van der Waals surface area (Å²) < 4.78 is 18.9. The molecule has 0 atom stereocenters. The number of nitrogens with zero attached hydrogens (tertiary/aromatic N) is 1. The van der Waals surface area contributed by atoms with Crippen molar-refractivity contribution in [3.8, 4) is 11.3 Å². The van der Waals surface area contributed by atoms with E-state index in [0.717, 1.165) is 5.56 Å². The molecule has 23 heavy (non-hydrogen) atoms. The van der Waals surface area contributed by atoms with Gasteiger partial charge in [0.2, 0.25) is 0 Å². The molecule has 1 heterocycles. The van der Waals surface area contributed by atoms with E-state index in [2.05, 4.69) is 10.5 Å². The molecule has 0 spiro atoms. The van der Waals surface area contributed by atoms with Gasteiger partial charge in [-0.15, -0.1) is 0 Å². The van der Waals surface area contributed by atoms with Gasteiger partial charge in [0.05, 0.1) is 17.1 Å². The highest BCUT2D eigenvalue weighted by molar-refractivity contribution is 6.33. The molecular formula is C17H12ClFN2O2. The minimum absolute atomic E-state index is 0.0626. The van der Waals surface area contributed by atoms with Crippen LogP contribution in [0, 0.1) is 5.82 Å². The molecule has 0 fully saturated rings. The Morgan fingerprint density at radius 1 is 1.17 bits per heavy atom. The van der Waals surface area contributed by atoms with Gasteiger partial charge in [-0.1, -0.05) is 53.2 Å². The van der Waals surface area contributed by atoms with Gasteiger partial charge in [-0.3, -0.25) is 4.79 Å². The van der Waals surface area contributed by atoms with Crippen LogP contribution in [-0.4, -0.2) is 11.1 Å². The summed E-state index contributed by atoms with van der Waals surface area (Å²) in [5, 5.41) is 6.53. The van der Waals surface area contributed by atoms with Crippen LogP contribution in [-0.2, 0) is 6.54 Å². The van der Waals surface area contributed by atoms with Gasteiger partial charge in [0.25, 0.3) is 5.91 Å². The normalized spacial score (nSPS) is 10.5. The van der Waals surface area contributed by atoms with Crippen molar-refractivity contribution in [1.82, 2.24) is 10.5 Å². The fraction of sp³-hybridized carbons (Fsp3) is 0.0588. The molecular weight excluding hydrogens is 319 g/mol. The zero-order valence-corrected chi connectivity index (χ0v) is 12.7. The number of rotatable bonds is 4. The van der Waals surface area contributed by atoms with E-state index in [9.17, 15) is 9.18 Å². The van der Waals surface area contributed by atoms with Crippen molar-refractivity contribution in [1.29, 1.82) is 0 Å². The molecule has 0 bridgehead atoms. The van der Waals surface area contributed by atoms with Crippen LogP contribution in [0.4, 0.5) is 4.39 Å². The third-order valence-electron chi connectivity index (χ3n) is 3.24. The summed E-state index contributed by atoms with van der Waals surface area (Å²) in [6.45, 7) is 0.111. The Kier molecular flexibility index (Phi) is 4.39. The summed E-state index contributed by atoms with van der Waals surface area (Å²) in [5.41, 5.74) is 1.24. The largest absolute Gasteiger partial charge is 0.356 e. The molecule has 0 saturated heterocycles. The van der Waals surface area contributed by atoms with Crippen LogP contribution in [0.15, 0.2) is 59.1 Å². The number of hydrogen-bond acceptors (Lipinski definition) is 3. The lowest BCUT2D eigenvalue weighted by Gasteiger charge is -2.05. The fourth-order valence-electron chi connectivity index (χ4n) is 2.11. The summed E-state index contributed by atoms with van der Waals surface area (Å²) >= 11 is 5.86. The van der Waals surface area contributed by atoms with Crippen molar-refractivity contribution in [3.63, 3.8) is 0 Å². The third kappa shape index (κ3) is 3.40. The van der Waals surface area contributed by atoms with E-state index in [4.69, 9.17) is 16.1 Å². The van der Waals surface area contributed by atoms with Crippen LogP contribution in [0.1, 0.15) is 16.1 Å². The lowest BCUT2D eigenvalue weighted by molar-refractivity contribution is 0.0946. The second-order valence-corrected chi connectivity index (χ2v) is 5.24. The van der Waals surface area contributed by atoms with Crippen molar-refractivity contribution in [2.45, 2.75) is 6.54 Å². The predicted molar refractivity (Wildman–Crippen MR) is 84.5 cm³/mol. The van der Waals surface area contributed by atoms with Gasteiger partial charge in [0.15, 0.2) is 5.76 Å². The van der Waals surface area contributed by atoms with Crippen LogP contribution in [0.3, 0.4) is 0 Å². The average Bonchev–Trinajstić information content (AvgIpc) is 3.02. The van der Waals surface area contributed by atoms with Crippen molar-refractivity contribution >= 4 is 17.5 Å². The van der Waals surface area contributed by atoms with Gasteiger partial charge in [-0.05, 0) is 12.1 Å². The second-order valence-electron chi connectivity index (χ2n) is 4.83. The van der Waals surface area contributed by atoms with E-state index >= 15 is 0 Å². The van der Waals surface area contributed by atoms with Crippen LogP contribution in [0.5, 0.6) is 0 Å². The third-order valence-corrected chi connectivity index (χ3v) is 3.55. The van der Waals surface area contributed by atoms with E-state index in [1.54, 1.807) is 6.07 Å². The van der Waals surface area contributed by atoms with Gasteiger partial charge < -0.3 is 9.84 Å². The summed E-state index contributed by atoms with van der Waals surface area (Å²) in [4.78, 5) is 12.0. The molecule has 1 aromatic heterocycles. The van der Waals surface area contributed by atoms with Gasteiger partial charge in [0, 0.05) is 11.6 Å². The number of aromatic nitrogens is 1. The Morgan fingerprint density at radius 3 is 2.70 bits per heavy atom. The van der Waals surface area contributed by atoms with Crippen molar-refractivity contribution in [3.05, 3.63) is 76.7 Å². The predicted octanol–water partition coefficient (Wildman–Crippen LogP) is 4.06. The lowest BCUT2D eigenvalue weighted by Crippen LogP contribution is -2.24. The summed E-state index contributed by atoms with van der Waals surface area (Å²) in [5.74, 6) is -0.670. The van der Waals surface area contributed by atoms with Gasteiger partial charge in [0.1, 0.15) is 11.5 Å². The maximum absolute atomic E-state index is 13.7. The summed E-state index contributed by atoms with van der Waals surface area (Å²) in [6.07, 6.45) is 0. The Morgan fingerprint density at radius 2 is 1.96 bits per heavy atom. The molecule has 4 nitrogen and oxygen atoms in total. The SMILES string of the molecule is O=C(NCc1cc(-c2ccccc2)on1)c1c(F)cccc1Cl. The molecule has 1 amide bonds. The smallest absolute Gasteiger partial charge is 0.256 e. The minimum Gasteiger partial charge on any atom is -0.356 e. The number of carbonyl (C=O) groups is 1. The van der Waals surface area contributed by atoms with Crippen molar-refractivity contribution < 1.29 is 13.7 Å². The van der Waals surface area contributed by atoms with Crippen LogP contribution in [0.2, 0.25) is 5.02 Å². The summed E-state index contributed by atoms with van der Waals surface area (Å²) in [7, 11) is 0. The van der Waals surface area contributed by atoms with Crippen LogP contribution < -0.4 is 5.32 Å². The molecule has 3 aromatic rings. The highest BCUT2D eigenvalue weighted by Gasteiger charge is 2.16. The highest BCUT2D eigenvalue weighted by Crippen LogP contribution is 2.21. The second kappa shape index (κ2) is 6.62. The van der Waals surface area contributed by atoms with E-state index < -0.39 is 11.7 Å². The highest BCUT2D eigenvalue weighted by atomic mass is 35.5. The number of nitrogens with one attached hydrogen (secondary N) is 1. The van der Waals surface area contributed by atoms with E-state index in [0.29, 0.717) is 11.5 Å². The van der Waals surface area contributed by atoms with Gasteiger partial charge in [-0.25, -0.2) is 4.39 Å². The molecule has 6 heteroatoms. The standard InChI is InChI=1S/C17H12ClFN2O2/c18-13-7-4-8-14(19)16(13)17(22)20-10-12-9-15(23-21-12)11-5-2-1-3-6-11/h1-9H,10H2,(H,20,22). The molecule has 1 N–H and O–H groups in total. The maximum Gasteiger partial charge on any atom is 0.256 e. The monoisotopic (exact) mass is 330 g/mol. The van der Waals surface area contributed by atoms with Crippen LogP contribution in [0.25, 0.3) is 11.3 Å². The van der Waals surface area contributed by atoms with Gasteiger partial charge in [-0.2, -0.15) is 0 Å². The van der Waals surface area contributed by atoms with E-state index in [1.165, 1.54) is 18.2 Å². The number of halogens is 2. The van der Waals surface area contributed by atoms with E-state index in [-0.39, 0.29) is 17.1 Å². The summed E-state index contributed by atoms with van der Waals surface area (Å²) in [6, 6.07) is 15.3. The zero-order valence-electron chi connectivity index (χ0n) is 11.9. The topological polar surface area (TPSA) is 55.1 Å². The van der Waals surface area contributed by atoms with Crippen molar-refractivity contribution in [2.24, 2.45) is 0 Å². The molecule has 0 aliphatic carbocycles. The average molecular weight is 331 g/mol. The van der Waals surface area contributed by atoms with Gasteiger partial charge >= 0.3 is 0 Å². The molecule has 116 valence electrons. The molecule has 0 aliphatic rings. The first-order valence-electron chi connectivity index (χ1n) is 6.88. The Hall–Kier alpha value is -2.66. The van der Waals surface area contributed by atoms with Crippen molar-refractivity contribution in [2.75, 3.05) is 0 Å². The minimum atomic E-state index is -0.667. The lowest BCUT2D eigenvalue weighted by atomic mass is 10.1. The van der Waals surface area contributed by atoms with Crippen LogP contribution >= 0.6 is 11.6 Å².